The van der Waals surface area contributed by atoms with Crippen LogP contribution in [0.25, 0.3) is 0 Å². The van der Waals surface area contributed by atoms with E-state index in [0.29, 0.717) is 22.5 Å². The van der Waals surface area contributed by atoms with Gasteiger partial charge < -0.3 is 21.1 Å². The molecule has 5 nitrogen and oxygen atoms in total. The van der Waals surface area contributed by atoms with Crippen LogP contribution in [0.2, 0.25) is 5.02 Å². The smallest absolute Gasteiger partial charge is 0.262 e. The maximum absolute atomic E-state index is 11.2. The predicted molar refractivity (Wildman–Crippen MR) is 74.8 cm³/mol. The Hall–Kier alpha value is -1.46. The Kier molecular flexibility index (Phi) is 3.24. The fraction of sp³-hybridized carbons (Fsp3) is 0.462. The summed E-state index contributed by atoms with van der Waals surface area (Å²) >= 11 is 6.22. The monoisotopic (exact) mass is 281 g/mol. The van der Waals surface area contributed by atoms with Crippen LogP contribution in [-0.4, -0.2) is 24.6 Å². The number of carbonyl (C=O) groups is 1. The second-order valence-corrected chi connectivity index (χ2v) is 5.49. The van der Waals surface area contributed by atoms with E-state index in [2.05, 4.69) is 10.6 Å². The van der Waals surface area contributed by atoms with Crippen molar-refractivity contribution in [3.05, 3.63) is 17.2 Å². The van der Waals surface area contributed by atoms with Crippen molar-refractivity contribution in [1.82, 2.24) is 0 Å². The van der Waals surface area contributed by atoms with Gasteiger partial charge in [-0.15, -0.1) is 0 Å². The third-order valence-corrected chi connectivity index (χ3v) is 3.85. The maximum Gasteiger partial charge on any atom is 0.262 e. The highest BCUT2D eigenvalue weighted by molar-refractivity contribution is 6.33. The summed E-state index contributed by atoms with van der Waals surface area (Å²) in [6.45, 7) is 0.0440. The van der Waals surface area contributed by atoms with Crippen molar-refractivity contribution < 1.29 is 9.53 Å². The van der Waals surface area contributed by atoms with E-state index in [-0.39, 0.29) is 18.6 Å². The summed E-state index contributed by atoms with van der Waals surface area (Å²) in [5.74, 6) is 0.486. The average Bonchev–Trinajstić information content (AvgIpc) is 2.76. The molecule has 0 bridgehead atoms. The van der Waals surface area contributed by atoms with Crippen LogP contribution in [0.3, 0.4) is 0 Å². The molecule has 1 aromatic rings. The Morgan fingerprint density at radius 1 is 1.42 bits per heavy atom. The van der Waals surface area contributed by atoms with Gasteiger partial charge in [-0.2, -0.15) is 0 Å². The van der Waals surface area contributed by atoms with Gasteiger partial charge in [0.25, 0.3) is 5.91 Å². The van der Waals surface area contributed by atoms with Gasteiger partial charge in [-0.25, -0.2) is 0 Å². The maximum atomic E-state index is 11.2. The zero-order valence-electron chi connectivity index (χ0n) is 10.4. The summed E-state index contributed by atoms with van der Waals surface area (Å²) in [6, 6.07) is 4.17. The topological polar surface area (TPSA) is 76.4 Å². The van der Waals surface area contributed by atoms with Gasteiger partial charge in [0.1, 0.15) is 5.75 Å². The van der Waals surface area contributed by atoms with E-state index in [1.165, 1.54) is 0 Å². The molecule has 1 aliphatic carbocycles. The van der Waals surface area contributed by atoms with Gasteiger partial charge in [0.05, 0.1) is 16.4 Å². The Bertz CT molecular complexity index is 521. The number of amides is 1. The van der Waals surface area contributed by atoms with Gasteiger partial charge >= 0.3 is 0 Å². The van der Waals surface area contributed by atoms with E-state index in [9.17, 15) is 4.79 Å². The molecule has 0 aromatic heterocycles. The number of rotatable bonds is 2. The number of carbonyl (C=O) groups excluding carboxylic acids is 1. The first-order valence-electron chi connectivity index (χ1n) is 6.40. The van der Waals surface area contributed by atoms with Crippen LogP contribution in [0.15, 0.2) is 12.1 Å². The molecule has 2 atom stereocenters. The summed E-state index contributed by atoms with van der Waals surface area (Å²) in [5, 5.41) is 6.70. The molecule has 102 valence electrons. The van der Waals surface area contributed by atoms with Crippen molar-refractivity contribution in [1.29, 1.82) is 0 Å². The number of nitrogens with one attached hydrogen (secondary N) is 2. The fourth-order valence-corrected chi connectivity index (χ4v) is 2.80. The average molecular weight is 282 g/mol. The molecule has 1 aromatic carbocycles. The fourth-order valence-electron chi connectivity index (χ4n) is 2.58. The molecule has 4 N–H and O–H groups in total. The second-order valence-electron chi connectivity index (χ2n) is 5.08. The molecule has 0 saturated heterocycles. The number of halogens is 1. The van der Waals surface area contributed by atoms with E-state index in [4.69, 9.17) is 22.1 Å². The predicted octanol–water partition coefficient (Wildman–Crippen LogP) is 1.96. The van der Waals surface area contributed by atoms with Crippen molar-refractivity contribution in [3.8, 4) is 5.75 Å². The quantitative estimate of drug-likeness (QED) is 0.774. The van der Waals surface area contributed by atoms with E-state index in [1.54, 1.807) is 6.07 Å². The van der Waals surface area contributed by atoms with Gasteiger partial charge in [-0.1, -0.05) is 11.6 Å². The number of ether oxygens (including phenoxy) is 1. The minimum Gasteiger partial charge on any atom is -0.482 e. The summed E-state index contributed by atoms with van der Waals surface area (Å²) in [4.78, 5) is 11.2. The van der Waals surface area contributed by atoms with Gasteiger partial charge in [-0.3, -0.25) is 4.79 Å². The summed E-state index contributed by atoms with van der Waals surface area (Å²) in [6.07, 6.45) is 3.03. The van der Waals surface area contributed by atoms with Crippen LogP contribution in [0.1, 0.15) is 19.3 Å². The van der Waals surface area contributed by atoms with Crippen molar-refractivity contribution in [2.75, 3.05) is 17.2 Å². The second kappa shape index (κ2) is 4.90. The van der Waals surface area contributed by atoms with E-state index in [0.717, 1.165) is 24.9 Å². The molecular formula is C13H16ClN3O2. The van der Waals surface area contributed by atoms with Crippen LogP contribution in [-0.2, 0) is 4.79 Å². The Labute approximate surface area is 116 Å². The van der Waals surface area contributed by atoms with Gasteiger partial charge in [0.15, 0.2) is 6.61 Å². The molecule has 0 radical (unpaired) electrons. The first-order valence-corrected chi connectivity index (χ1v) is 6.78. The first-order chi connectivity index (χ1) is 9.11. The van der Waals surface area contributed by atoms with Crippen LogP contribution in [0.4, 0.5) is 11.4 Å². The molecule has 1 heterocycles. The van der Waals surface area contributed by atoms with Crippen LogP contribution in [0, 0.1) is 0 Å². The Morgan fingerprint density at radius 2 is 2.26 bits per heavy atom. The molecular weight excluding hydrogens is 266 g/mol. The lowest BCUT2D eigenvalue weighted by atomic mass is 10.2. The summed E-state index contributed by atoms with van der Waals surface area (Å²) in [7, 11) is 0. The molecule has 3 rings (SSSR count). The number of hydrogen-bond acceptors (Lipinski definition) is 4. The SMILES string of the molecule is NC1CCC(Nc2cc3c(cc2Cl)NC(=O)CO3)C1. The van der Waals surface area contributed by atoms with Crippen molar-refractivity contribution in [3.63, 3.8) is 0 Å². The standard InChI is InChI=1S/C13H16ClN3O2/c14-9-4-11-12(19-6-13(18)17-11)5-10(9)16-8-2-1-7(15)3-8/h4-5,7-8,16H,1-3,6,15H2,(H,17,18). The molecule has 1 saturated carbocycles. The van der Waals surface area contributed by atoms with Crippen molar-refractivity contribution >= 4 is 28.9 Å². The van der Waals surface area contributed by atoms with E-state index >= 15 is 0 Å². The number of hydrogen-bond donors (Lipinski definition) is 3. The highest BCUT2D eigenvalue weighted by Gasteiger charge is 2.23. The lowest BCUT2D eigenvalue weighted by Crippen LogP contribution is -2.26. The highest BCUT2D eigenvalue weighted by Crippen LogP contribution is 2.37. The first kappa shape index (κ1) is 12.6. The normalized spacial score (nSPS) is 25.5. The largest absolute Gasteiger partial charge is 0.482 e. The van der Waals surface area contributed by atoms with Crippen LogP contribution in [0.5, 0.6) is 5.75 Å². The molecule has 1 aliphatic heterocycles. The van der Waals surface area contributed by atoms with Crippen LogP contribution >= 0.6 is 11.6 Å². The zero-order chi connectivity index (χ0) is 13.4. The molecule has 6 heteroatoms. The Morgan fingerprint density at radius 3 is 3.00 bits per heavy atom. The summed E-state index contributed by atoms with van der Waals surface area (Å²) < 4.78 is 5.38. The molecule has 19 heavy (non-hydrogen) atoms. The molecule has 1 fully saturated rings. The third-order valence-electron chi connectivity index (χ3n) is 3.53. The number of nitrogens with two attached hydrogens (primary N) is 1. The lowest BCUT2D eigenvalue weighted by molar-refractivity contribution is -0.118. The third kappa shape index (κ3) is 2.62. The van der Waals surface area contributed by atoms with E-state index < -0.39 is 0 Å². The van der Waals surface area contributed by atoms with Crippen molar-refractivity contribution in [2.45, 2.75) is 31.3 Å². The minimum atomic E-state index is -0.161. The Balaban J connectivity index is 1.80. The molecule has 2 aliphatic rings. The van der Waals surface area contributed by atoms with E-state index in [1.807, 2.05) is 6.07 Å². The van der Waals surface area contributed by atoms with Gasteiger partial charge in [0, 0.05) is 18.2 Å². The molecule has 0 spiro atoms. The molecule has 1 amide bonds. The van der Waals surface area contributed by atoms with Gasteiger partial charge in [-0.05, 0) is 25.3 Å². The minimum absolute atomic E-state index is 0.0440. The number of anilines is 2. The highest BCUT2D eigenvalue weighted by atomic mass is 35.5. The zero-order valence-corrected chi connectivity index (χ0v) is 11.2. The molecule has 2 unspecified atom stereocenters. The van der Waals surface area contributed by atoms with Crippen LogP contribution < -0.4 is 21.1 Å². The van der Waals surface area contributed by atoms with Gasteiger partial charge in [0.2, 0.25) is 0 Å². The summed E-state index contributed by atoms with van der Waals surface area (Å²) in [5.41, 5.74) is 7.35. The number of fused-ring (bicyclic) bond motifs is 1. The lowest BCUT2D eigenvalue weighted by Gasteiger charge is -2.21. The number of benzene rings is 1. The van der Waals surface area contributed by atoms with Crippen molar-refractivity contribution in [2.24, 2.45) is 5.73 Å².